The molecule has 1 aromatic heterocycles. The van der Waals surface area contributed by atoms with Gasteiger partial charge in [0.2, 0.25) is 0 Å². The standard InChI is InChI=1S/C21H17N3/c1-14-8-15(2)10-17(9-14)21-19(11-16(12-22)13-23)18-6-4-5-7-20(18)24(21)3/h4-11H,1-3H3. The van der Waals surface area contributed by atoms with E-state index in [0.717, 1.165) is 27.7 Å². The maximum atomic E-state index is 9.17. The lowest BCUT2D eigenvalue weighted by atomic mass is 10.00. The Morgan fingerprint density at radius 1 is 1.00 bits per heavy atom. The van der Waals surface area contributed by atoms with Crippen LogP contribution in [-0.2, 0) is 7.05 Å². The van der Waals surface area contributed by atoms with Crippen molar-refractivity contribution < 1.29 is 0 Å². The molecule has 0 saturated carbocycles. The molecule has 0 aliphatic rings. The summed E-state index contributed by atoms with van der Waals surface area (Å²) in [6.07, 6.45) is 1.69. The van der Waals surface area contributed by atoms with Crippen LogP contribution >= 0.6 is 0 Å². The van der Waals surface area contributed by atoms with Gasteiger partial charge in [0.25, 0.3) is 0 Å². The van der Waals surface area contributed by atoms with E-state index in [9.17, 15) is 0 Å². The van der Waals surface area contributed by atoms with Crippen LogP contribution in [-0.4, -0.2) is 4.57 Å². The van der Waals surface area contributed by atoms with E-state index < -0.39 is 0 Å². The number of rotatable bonds is 2. The zero-order valence-corrected chi connectivity index (χ0v) is 14.0. The number of nitrogens with zero attached hydrogens (tertiary/aromatic N) is 3. The fraction of sp³-hybridized carbons (Fsp3) is 0.143. The Labute approximate surface area is 141 Å². The number of para-hydroxylation sites is 1. The minimum absolute atomic E-state index is 0.108. The first-order valence-electron chi connectivity index (χ1n) is 7.73. The fourth-order valence-corrected chi connectivity index (χ4v) is 3.26. The van der Waals surface area contributed by atoms with Gasteiger partial charge in [0.1, 0.15) is 17.7 Å². The molecular weight excluding hydrogens is 294 g/mol. The summed E-state index contributed by atoms with van der Waals surface area (Å²) < 4.78 is 2.13. The maximum absolute atomic E-state index is 9.17. The van der Waals surface area contributed by atoms with Crippen LogP contribution in [0, 0.1) is 36.5 Å². The number of benzene rings is 2. The fourth-order valence-electron chi connectivity index (χ4n) is 3.26. The summed E-state index contributed by atoms with van der Waals surface area (Å²) in [5.41, 5.74) is 6.58. The summed E-state index contributed by atoms with van der Waals surface area (Å²) in [4.78, 5) is 0. The quantitative estimate of drug-likeness (QED) is 0.632. The highest BCUT2D eigenvalue weighted by Gasteiger charge is 2.16. The van der Waals surface area contributed by atoms with Crippen LogP contribution < -0.4 is 0 Å². The normalized spacial score (nSPS) is 10.2. The van der Waals surface area contributed by atoms with Gasteiger partial charge in [-0.05, 0) is 43.7 Å². The maximum Gasteiger partial charge on any atom is 0.130 e. The van der Waals surface area contributed by atoms with E-state index >= 15 is 0 Å². The third-order valence-electron chi connectivity index (χ3n) is 4.17. The van der Waals surface area contributed by atoms with Crippen molar-refractivity contribution in [1.82, 2.24) is 4.57 Å². The predicted octanol–water partition coefficient (Wildman–Crippen LogP) is 4.89. The lowest BCUT2D eigenvalue weighted by Gasteiger charge is -2.09. The molecule has 116 valence electrons. The first-order valence-corrected chi connectivity index (χ1v) is 7.73. The molecule has 2 aromatic carbocycles. The third-order valence-corrected chi connectivity index (χ3v) is 4.17. The topological polar surface area (TPSA) is 52.5 Å². The minimum Gasteiger partial charge on any atom is -0.343 e. The van der Waals surface area contributed by atoms with Gasteiger partial charge in [-0.2, -0.15) is 10.5 Å². The van der Waals surface area contributed by atoms with Crippen molar-refractivity contribution in [3.8, 4) is 23.4 Å². The molecule has 0 spiro atoms. The van der Waals surface area contributed by atoms with E-state index in [1.807, 2.05) is 37.4 Å². The predicted molar refractivity (Wildman–Crippen MR) is 97.0 cm³/mol. The number of nitriles is 2. The molecule has 24 heavy (non-hydrogen) atoms. The largest absolute Gasteiger partial charge is 0.343 e. The second-order valence-electron chi connectivity index (χ2n) is 6.00. The minimum atomic E-state index is 0.108. The van der Waals surface area contributed by atoms with Crippen LogP contribution in [0.25, 0.3) is 28.2 Å². The monoisotopic (exact) mass is 311 g/mol. The molecule has 0 saturated heterocycles. The molecular formula is C21H17N3. The molecule has 0 aliphatic heterocycles. The number of allylic oxidation sites excluding steroid dienone is 1. The molecule has 0 fully saturated rings. The van der Waals surface area contributed by atoms with Crippen molar-refractivity contribution in [2.24, 2.45) is 7.05 Å². The van der Waals surface area contributed by atoms with Gasteiger partial charge < -0.3 is 4.57 Å². The average molecular weight is 311 g/mol. The number of hydrogen-bond donors (Lipinski definition) is 0. The van der Waals surface area contributed by atoms with Gasteiger partial charge in [-0.15, -0.1) is 0 Å². The number of aromatic nitrogens is 1. The van der Waals surface area contributed by atoms with Crippen LogP contribution in [0.5, 0.6) is 0 Å². The van der Waals surface area contributed by atoms with Crippen molar-refractivity contribution in [2.75, 3.05) is 0 Å². The highest BCUT2D eigenvalue weighted by Crippen LogP contribution is 2.35. The lowest BCUT2D eigenvalue weighted by Crippen LogP contribution is -1.94. The molecule has 0 aliphatic carbocycles. The highest BCUT2D eigenvalue weighted by molar-refractivity contribution is 5.98. The van der Waals surface area contributed by atoms with E-state index in [1.165, 1.54) is 11.1 Å². The molecule has 0 N–H and O–H groups in total. The van der Waals surface area contributed by atoms with Crippen molar-refractivity contribution in [1.29, 1.82) is 10.5 Å². The van der Waals surface area contributed by atoms with E-state index in [4.69, 9.17) is 10.5 Å². The Balaban J connectivity index is 2.43. The van der Waals surface area contributed by atoms with Crippen LogP contribution in [0.3, 0.4) is 0 Å². The Kier molecular flexibility index (Phi) is 3.94. The zero-order chi connectivity index (χ0) is 17.3. The zero-order valence-electron chi connectivity index (χ0n) is 14.0. The molecule has 0 radical (unpaired) electrons. The summed E-state index contributed by atoms with van der Waals surface area (Å²) >= 11 is 0. The van der Waals surface area contributed by atoms with Crippen molar-refractivity contribution in [3.63, 3.8) is 0 Å². The Bertz CT molecular complexity index is 1020. The summed E-state index contributed by atoms with van der Waals surface area (Å²) in [6, 6.07) is 18.4. The van der Waals surface area contributed by atoms with Gasteiger partial charge in [0, 0.05) is 23.5 Å². The highest BCUT2D eigenvalue weighted by atomic mass is 14.9. The molecule has 3 heteroatoms. The average Bonchev–Trinajstić information content (AvgIpc) is 2.84. The summed E-state index contributed by atoms with van der Waals surface area (Å²) in [5, 5.41) is 19.4. The second-order valence-corrected chi connectivity index (χ2v) is 6.00. The van der Waals surface area contributed by atoms with Crippen LogP contribution in [0.1, 0.15) is 16.7 Å². The molecule has 1 heterocycles. The Morgan fingerprint density at radius 3 is 2.25 bits per heavy atom. The molecule has 0 bridgehead atoms. The lowest BCUT2D eigenvalue weighted by molar-refractivity contribution is 0.976. The van der Waals surface area contributed by atoms with Gasteiger partial charge in [0.15, 0.2) is 0 Å². The Hall–Kier alpha value is -3.30. The summed E-state index contributed by atoms with van der Waals surface area (Å²) in [7, 11) is 2.02. The van der Waals surface area contributed by atoms with Gasteiger partial charge in [-0.3, -0.25) is 0 Å². The van der Waals surface area contributed by atoms with Crippen molar-refractivity contribution in [3.05, 3.63) is 64.7 Å². The van der Waals surface area contributed by atoms with Crippen molar-refractivity contribution >= 4 is 17.0 Å². The van der Waals surface area contributed by atoms with Gasteiger partial charge >= 0.3 is 0 Å². The molecule has 0 atom stereocenters. The SMILES string of the molecule is Cc1cc(C)cc(-c2c(C=C(C#N)C#N)c3ccccc3n2C)c1. The van der Waals surface area contributed by atoms with Crippen molar-refractivity contribution in [2.45, 2.75) is 13.8 Å². The van der Waals surface area contributed by atoms with Gasteiger partial charge in [-0.25, -0.2) is 0 Å². The summed E-state index contributed by atoms with van der Waals surface area (Å²) in [6.45, 7) is 4.15. The van der Waals surface area contributed by atoms with Crippen LogP contribution in [0.15, 0.2) is 48.0 Å². The number of hydrogen-bond acceptors (Lipinski definition) is 2. The molecule has 0 unspecified atom stereocenters. The first-order chi connectivity index (χ1) is 11.5. The van der Waals surface area contributed by atoms with Crippen LogP contribution in [0.2, 0.25) is 0 Å². The van der Waals surface area contributed by atoms with E-state index in [0.29, 0.717) is 0 Å². The molecule has 3 nitrogen and oxygen atoms in total. The number of aryl methyl sites for hydroxylation is 3. The van der Waals surface area contributed by atoms with Crippen LogP contribution in [0.4, 0.5) is 0 Å². The molecule has 3 rings (SSSR count). The van der Waals surface area contributed by atoms with Gasteiger partial charge in [-0.1, -0.05) is 35.4 Å². The van der Waals surface area contributed by atoms with E-state index in [-0.39, 0.29) is 5.57 Å². The summed E-state index contributed by atoms with van der Waals surface area (Å²) in [5.74, 6) is 0. The first kappa shape index (κ1) is 15.6. The number of fused-ring (bicyclic) bond motifs is 1. The Morgan fingerprint density at radius 2 is 1.62 bits per heavy atom. The van der Waals surface area contributed by atoms with E-state index in [1.54, 1.807) is 6.08 Å². The third kappa shape index (κ3) is 2.57. The van der Waals surface area contributed by atoms with Gasteiger partial charge in [0.05, 0.1) is 5.69 Å². The molecule has 3 aromatic rings. The van der Waals surface area contributed by atoms with E-state index in [2.05, 4.69) is 42.7 Å². The smallest absolute Gasteiger partial charge is 0.130 e. The second kappa shape index (κ2) is 6.07. The molecule has 0 amide bonds.